The Balaban J connectivity index is 1.39. The molecule has 0 radical (unpaired) electrons. The quantitative estimate of drug-likeness (QED) is 0.384. The average molecular weight is 391 g/mol. The van der Waals surface area contributed by atoms with Crippen molar-refractivity contribution in [3.8, 4) is 0 Å². The van der Waals surface area contributed by atoms with E-state index in [1.165, 1.54) is 6.21 Å². The van der Waals surface area contributed by atoms with Gasteiger partial charge >= 0.3 is 0 Å². The lowest BCUT2D eigenvalue weighted by atomic mass is 9.95. The van der Waals surface area contributed by atoms with Crippen molar-refractivity contribution in [1.29, 1.82) is 0 Å². The number of hydrogen-bond acceptors (Lipinski definition) is 4. The number of carbonyl (C=O) groups is 2. The first-order valence-corrected chi connectivity index (χ1v) is 9.57. The SMILES string of the molecule is O=C1c2cccc3cccc(c23)C(=O)N1/N=C\c1ccc(Nc2ccccc2)cc1. The lowest BCUT2D eigenvalue weighted by molar-refractivity contribution is 0.0616. The topological polar surface area (TPSA) is 61.8 Å². The van der Waals surface area contributed by atoms with E-state index in [0.29, 0.717) is 16.5 Å². The van der Waals surface area contributed by atoms with Crippen LogP contribution < -0.4 is 5.32 Å². The van der Waals surface area contributed by atoms with Crippen LogP contribution in [0.1, 0.15) is 26.3 Å². The largest absolute Gasteiger partial charge is 0.356 e. The molecule has 0 aromatic heterocycles. The van der Waals surface area contributed by atoms with Gasteiger partial charge in [0.25, 0.3) is 11.8 Å². The summed E-state index contributed by atoms with van der Waals surface area (Å²) in [6.45, 7) is 0. The molecule has 1 heterocycles. The number of hydrogen-bond donors (Lipinski definition) is 1. The number of nitrogens with zero attached hydrogens (tertiary/aromatic N) is 2. The molecule has 30 heavy (non-hydrogen) atoms. The van der Waals surface area contributed by atoms with Crippen molar-refractivity contribution in [2.45, 2.75) is 0 Å². The van der Waals surface area contributed by atoms with Crippen molar-refractivity contribution in [3.05, 3.63) is 108 Å². The van der Waals surface area contributed by atoms with E-state index in [4.69, 9.17) is 0 Å². The molecule has 1 N–H and O–H groups in total. The number of amides is 2. The Morgan fingerprint density at radius 3 is 1.90 bits per heavy atom. The second-order valence-electron chi connectivity index (χ2n) is 6.99. The summed E-state index contributed by atoms with van der Waals surface area (Å²) < 4.78 is 0. The Kier molecular flexibility index (Phi) is 4.33. The molecule has 0 saturated carbocycles. The standard InChI is InChI=1S/C25H17N3O2/c29-24-21-10-4-6-18-7-5-11-22(23(18)21)25(30)28(24)26-16-17-12-14-20(15-13-17)27-19-8-2-1-3-9-19/h1-16,27H/b26-16-. The Morgan fingerprint density at radius 2 is 1.27 bits per heavy atom. The maximum atomic E-state index is 12.9. The minimum Gasteiger partial charge on any atom is -0.356 e. The van der Waals surface area contributed by atoms with Gasteiger partial charge in [0.15, 0.2) is 0 Å². The molecule has 5 nitrogen and oxygen atoms in total. The number of hydrazone groups is 1. The van der Waals surface area contributed by atoms with Crippen molar-refractivity contribution < 1.29 is 9.59 Å². The van der Waals surface area contributed by atoms with E-state index >= 15 is 0 Å². The van der Waals surface area contributed by atoms with Crippen LogP contribution in [0.2, 0.25) is 0 Å². The first-order valence-electron chi connectivity index (χ1n) is 9.57. The van der Waals surface area contributed by atoms with Gasteiger partial charge in [0.1, 0.15) is 0 Å². The Labute approximate surface area is 173 Å². The summed E-state index contributed by atoms with van der Waals surface area (Å²) in [5.74, 6) is -0.828. The van der Waals surface area contributed by atoms with Gasteiger partial charge in [-0.15, -0.1) is 0 Å². The predicted octanol–water partition coefficient (Wildman–Crippen LogP) is 5.21. The second-order valence-corrected chi connectivity index (χ2v) is 6.99. The van der Waals surface area contributed by atoms with Gasteiger partial charge in [-0.1, -0.05) is 54.6 Å². The number of para-hydroxylation sites is 1. The minimum absolute atomic E-state index is 0.414. The van der Waals surface area contributed by atoms with E-state index in [2.05, 4.69) is 10.4 Å². The minimum atomic E-state index is -0.414. The van der Waals surface area contributed by atoms with Gasteiger partial charge < -0.3 is 5.32 Å². The maximum absolute atomic E-state index is 12.9. The van der Waals surface area contributed by atoms with Crippen LogP contribution >= 0.6 is 0 Å². The number of benzene rings is 4. The van der Waals surface area contributed by atoms with E-state index < -0.39 is 11.8 Å². The molecule has 0 fully saturated rings. The highest BCUT2D eigenvalue weighted by atomic mass is 16.2. The Morgan fingerprint density at radius 1 is 0.667 bits per heavy atom. The molecule has 0 atom stereocenters. The van der Waals surface area contributed by atoms with Crippen molar-refractivity contribution in [3.63, 3.8) is 0 Å². The zero-order valence-electron chi connectivity index (χ0n) is 15.9. The summed E-state index contributed by atoms with van der Waals surface area (Å²) in [6, 6.07) is 28.4. The summed E-state index contributed by atoms with van der Waals surface area (Å²) in [7, 11) is 0. The molecule has 0 saturated heterocycles. The van der Waals surface area contributed by atoms with Crippen molar-refractivity contribution >= 4 is 40.2 Å². The summed E-state index contributed by atoms with van der Waals surface area (Å²) in [5.41, 5.74) is 3.69. The molecule has 2 amide bonds. The molecule has 0 unspecified atom stereocenters. The molecule has 4 aromatic rings. The summed E-state index contributed by atoms with van der Waals surface area (Å²) in [5, 5.41) is 10.0. The van der Waals surface area contributed by atoms with Gasteiger partial charge in [-0.05, 0) is 47.3 Å². The predicted molar refractivity (Wildman–Crippen MR) is 118 cm³/mol. The highest BCUT2D eigenvalue weighted by Gasteiger charge is 2.32. The smallest absolute Gasteiger partial charge is 0.282 e. The van der Waals surface area contributed by atoms with Crippen LogP contribution in [0.5, 0.6) is 0 Å². The van der Waals surface area contributed by atoms with E-state index in [1.807, 2.05) is 78.9 Å². The van der Waals surface area contributed by atoms with E-state index in [1.54, 1.807) is 12.1 Å². The highest BCUT2D eigenvalue weighted by Crippen LogP contribution is 2.30. The number of carbonyl (C=O) groups excluding carboxylic acids is 2. The van der Waals surface area contributed by atoms with Crippen LogP contribution in [0.4, 0.5) is 11.4 Å². The van der Waals surface area contributed by atoms with Crippen molar-refractivity contribution in [2.24, 2.45) is 5.10 Å². The highest BCUT2D eigenvalue weighted by molar-refractivity contribution is 6.25. The lowest BCUT2D eigenvalue weighted by Crippen LogP contribution is -2.36. The molecule has 0 aliphatic carbocycles. The van der Waals surface area contributed by atoms with Crippen LogP contribution in [0.25, 0.3) is 10.8 Å². The van der Waals surface area contributed by atoms with Gasteiger partial charge in [-0.2, -0.15) is 10.1 Å². The van der Waals surface area contributed by atoms with Gasteiger partial charge in [0.2, 0.25) is 0 Å². The first-order chi connectivity index (χ1) is 14.7. The molecule has 1 aliphatic heterocycles. The maximum Gasteiger partial charge on any atom is 0.282 e. The van der Waals surface area contributed by atoms with Crippen LogP contribution in [-0.2, 0) is 0 Å². The lowest BCUT2D eigenvalue weighted by Gasteiger charge is -2.22. The molecular weight excluding hydrogens is 374 g/mol. The normalized spacial score (nSPS) is 13.3. The zero-order valence-corrected chi connectivity index (χ0v) is 15.9. The number of nitrogens with one attached hydrogen (secondary N) is 1. The van der Waals surface area contributed by atoms with Crippen molar-refractivity contribution in [2.75, 3.05) is 5.32 Å². The average Bonchev–Trinajstić information content (AvgIpc) is 2.79. The van der Waals surface area contributed by atoms with Crippen LogP contribution in [0.15, 0.2) is 96.1 Å². The fraction of sp³-hybridized carbons (Fsp3) is 0. The van der Waals surface area contributed by atoms with Gasteiger partial charge in [0.05, 0.1) is 17.3 Å². The van der Waals surface area contributed by atoms with Gasteiger partial charge in [0, 0.05) is 16.8 Å². The Hall–Kier alpha value is -4.25. The third kappa shape index (κ3) is 3.12. The Bertz CT molecular complexity index is 1240. The molecule has 5 heteroatoms. The van der Waals surface area contributed by atoms with Gasteiger partial charge in [-0.25, -0.2) is 0 Å². The molecule has 0 bridgehead atoms. The second kappa shape index (κ2) is 7.29. The summed E-state index contributed by atoms with van der Waals surface area (Å²) >= 11 is 0. The third-order valence-corrected chi connectivity index (χ3v) is 5.05. The molecule has 5 rings (SSSR count). The fourth-order valence-electron chi connectivity index (χ4n) is 3.59. The third-order valence-electron chi connectivity index (χ3n) is 5.05. The molecule has 1 aliphatic rings. The molecule has 0 spiro atoms. The van der Waals surface area contributed by atoms with E-state index in [0.717, 1.165) is 27.3 Å². The summed E-state index contributed by atoms with van der Waals surface area (Å²) in [4.78, 5) is 25.7. The number of anilines is 2. The zero-order chi connectivity index (χ0) is 20.5. The fourth-order valence-corrected chi connectivity index (χ4v) is 3.59. The van der Waals surface area contributed by atoms with Crippen LogP contribution in [0, 0.1) is 0 Å². The van der Waals surface area contributed by atoms with Gasteiger partial charge in [-0.3, -0.25) is 9.59 Å². The van der Waals surface area contributed by atoms with E-state index in [-0.39, 0.29) is 0 Å². The number of rotatable bonds is 4. The number of imide groups is 1. The van der Waals surface area contributed by atoms with Crippen LogP contribution in [0.3, 0.4) is 0 Å². The molecule has 144 valence electrons. The molecular formula is C25H17N3O2. The first kappa shape index (κ1) is 17.8. The summed E-state index contributed by atoms with van der Waals surface area (Å²) in [6.07, 6.45) is 1.52. The van der Waals surface area contributed by atoms with Crippen LogP contribution in [-0.4, -0.2) is 23.0 Å². The monoisotopic (exact) mass is 391 g/mol. The van der Waals surface area contributed by atoms with Crippen molar-refractivity contribution in [1.82, 2.24) is 5.01 Å². The van der Waals surface area contributed by atoms with E-state index in [9.17, 15) is 9.59 Å². The molecule has 4 aromatic carbocycles.